The topological polar surface area (TPSA) is 56.8 Å². The van der Waals surface area contributed by atoms with E-state index in [1.807, 2.05) is 36.4 Å². The molecule has 162 valence electrons. The minimum atomic E-state index is -0.172. The molecule has 3 rings (SSSR count). The van der Waals surface area contributed by atoms with Crippen molar-refractivity contribution in [1.29, 1.82) is 0 Å². The number of carbonyl (C=O) groups is 1. The number of ether oxygens (including phenoxy) is 3. The summed E-state index contributed by atoms with van der Waals surface area (Å²) in [6.45, 7) is 2.46. The Morgan fingerprint density at radius 3 is 2.23 bits per heavy atom. The van der Waals surface area contributed by atoms with Gasteiger partial charge < -0.3 is 19.5 Å². The van der Waals surface area contributed by atoms with Crippen molar-refractivity contribution in [3.05, 3.63) is 83.4 Å². The van der Waals surface area contributed by atoms with Crippen molar-refractivity contribution >= 4 is 11.6 Å². The number of rotatable bonds is 10. The van der Waals surface area contributed by atoms with Gasteiger partial charge in [0.1, 0.15) is 23.9 Å². The molecule has 0 aliphatic rings. The van der Waals surface area contributed by atoms with E-state index in [0.717, 1.165) is 23.4 Å². The normalized spacial score (nSPS) is 10.4. The number of hydrogen-bond acceptors (Lipinski definition) is 4. The highest BCUT2D eigenvalue weighted by Gasteiger charge is 2.12. The average Bonchev–Trinajstić information content (AvgIpc) is 2.82. The molecule has 0 bridgehead atoms. The first-order valence-electron chi connectivity index (χ1n) is 10.5. The lowest BCUT2D eigenvalue weighted by molar-refractivity contribution is 0.102. The van der Waals surface area contributed by atoms with Crippen molar-refractivity contribution in [2.75, 3.05) is 19.5 Å². The van der Waals surface area contributed by atoms with Crippen LogP contribution >= 0.6 is 0 Å². The van der Waals surface area contributed by atoms with Gasteiger partial charge in [-0.15, -0.1) is 0 Å². The summed E-state index contributed by atoms with van der Waals surface area (Å²) in [5.41, 5.74) is 3.39. The fraction of sp³-hybridized carbons (Fsp3) is 0.269. The van der Waals surface area contributed by atoms with E-state index in [-0.39, 0.29) is 12.5 Å². The van der Waals surface area contributed by atoms with Gasteiger partial charge in [0, 0.05) is 16.8 Å². The van der Waals surface area contributed by atoms with E-state index in [2.05, 4.69) is 24.4 Å². The largest absolute Gasteiger partial charge is 0.497 e. The van der Waals surface area contributed by atoms with E-state index in [9.17, 15) is 4.79 Å². The summed E-state index contributed by atoms with van der Waals surface area (Å²) in [4.78, 5) is 12.8. The third kappa shape index (κ3) is 6.25. The zero-order chi connectivity index (χ0) is 22.1. The second kappa shape index (κ2) is 11.1. The van der Waals surface area contributed by atoms with Gasteiger partial charge in [0.25, 0.3) is 5.91 Å². The SMILES string of the molecule is CCCCc1ccc(NC(=O)c2ccc(OC)c(COc3ccc(OC)cc3)c2)cc1. The van der Waals surface area contributed by atoms with E-state index in [1.165, 1.54) is 18.4 Å². The van der Waals surface area contributed by atoms with Crippen molar-refractivity contribution in [3.63, 3.8) is 0 Å². The molecule has 0 spiro atoms. The van der Waals surface area contributed by atoms with Gasteiger partial charge >= 0.3 is 0 Å². The molecule has 0 heterocycles. The Kier molecular flexibility index (Phi) is 7.93. The third-order valence-electron chi connectivity index (χ3n) is 5.03. The van der Waals surface area contributed by atoms with Gasteiger partial charge in [-0.05, 0) is 73.0 Å². The van der Waals surface area contributed by atoms with E-state index in [4.69, 9.17) is 14.2 Å². The minimum absolute atomic E-state index is 0.172. The van der Waals surface area contributed by atoms with Gasteiger partial charge in [-0.3, -0.25) is 4.79 Å². The number of unbranched alkanes of at least 4 members (excludes halogenated alkanes) is 1. The standard InChI is InChI=1S/C26H29NO4/c1-4-5-6-19-7-10-22(11-8-19)27-26(28)20-9-16-25(30-3)21(17-20)18-31-24-14-12-23(29-2)13-15-24/h7-17H,4-6,18H2,1-3H3,(H,27,28). The highest BCUT2D eigenvalue weighted by atomic mass is 16.5. The van der Waals surface area contributed by atoms with Gasteiger partial charge in [0.05, 0.1) is 14.2 Å². The van der Waals surface area contributed by atoms with E-state index < -0.39 is 0 Å². The molecular weight excluding hydrogens is 390 g/mol. The number of nitrogens with one attached hydrogen (secondary N) is 1. The van der Waals surface area contributed by atoms with Crippen LogP contribution in [-0.4, -0.2) is 20.1 Å². The summed E-state index contributed by atoms with van der Waals surface area (Å²) in [5.74, 6) is 1.97. The summed E-state index contributed by atoms with van der Waals surface area (Å²) < 4.78 is 16.5. The highest BCUT2D eigenvalue weighted by Crippen LogP contribution is 2.24. The van der Waals surface area contributed by atoms with Crippen molar-refractivity contribution < 1.29 is 19.0 Å². The van der Waals surface area contributed by atoms with E-state index >= 15 is 0 Å². The number of amides is 1. The third-order valence-corrected chi connectivity index (χ3v) is 5.03. The fourth-order valence-corrected chi connectivity index (χ4v) is 3.20. The van der Waals surface area contributed by atoms with Crippen LogP contribution < -0.4 is 19.5 Å². The summed E-state index contributed by atoms with van der Waals surface area (Å²) in [6, 6.07) is 20.7. The number of methoxy groups -OCH3 is 2. The molecule has 0 fully saturated rings. The summed E-state index contributed by atoms with van der Waals surface area (Å²) in [5, 5.41) is 2.96. The number of carbonyl (C=O) groups excluding carboxylic acids is 1. The average molecular weight is 420 g/mol. The molecule has 0 atom stereocenters. The molecule has 31 heavy (non-hydrogen) atoms. The molecule has 3 aromatic carbocycles. The molecule has 5 nitrogen and oxygen atoms in total. The zero-order valence-electron chi connectivity index (χ0n) is 18.3. The molecule has 0 saturated carbocycles. The first-order valence-corrected chi connectivity index (χ1v) is 10.5. The van der Waals surface area contributed by atoms with Gasteiger partial charge in [-0.2, -0.15) is 0 Å². The van der Waals surface area contributed by atoms with Crippen LogP contribution in [0, 0.1) is 0 Å². The van der Waals surface area contributed by atoms with Crippen molar-refractivity contribution in [1.82, 2.24) is 0 Å². The lowest BCUT2D eigenvalue weighted by Gasteiger charge is -2.13. The van der Waals surface area contributed by atoms with Crippen molar-refractivity contribution in [2.24, 2.45) is 0 Å². The Balaban J connectivity index is 1.67. The van der Waals surface area contributed by atoms with Crippen LogP contribution in [0.5, 0.6) is 17.2 Å². The molecular formula is C26H29NO4. The zero-order valence-corrected chi connectivity index (χ0v) is 18.3. The highest BCUT2D eigenvalue weighted by molar-refractivity contribution is 6.04. The summed E-state index contributed by atoms with van der Waals surface area (Å²) >= 11 is 0. The minimum Gasteiger partial charge on any atom is -0.497 e. The molecule has 0 radical (unpaired) electrons. The van der Waals surface area contributed by atoms with Crippen LogP contribution in [0.1, 0.15) is 41.3 Å². The van der Waals surface area contributed by atoms with Crippen molar-refractivity contribution in [2.45, 2.75) is 32.8 Å². The molecule has 3 aromatic rings. The molecule has 0 saturated heterocycles. The second-order valence-corrected chi connectivity index (χ2v) is 7.25. The number of benzene rings is 3. The lowest BCUT2D eigenvalue weighted by atomic mass is 10.1. The molecule has 0 aliphatic heterocycles. The Bertz CT molecular complexity index is 981. The first-order chi connectivity index (χ1) is 15.1. The molecule has 1 amide bonds. The van der Waals surface area contributed by atoms with Crippen LogP contribution in [-0.2, 0) is 13.0 Å². The van der Waals surface area contributed by atoms with Gasteiger partial charge in [-0.25, -0.2) is 0 Å². The molecule has 1 N–H and O–H groups in total. The lowest BCUT2D eigenvalue weighted by Crippen LogP contribution is -2.13. The molecule has 5 heteroatoms. The quantitative estimate of drug-likeness (QED) is 0.446. The predicted octanol–water partition coefficient (Wildman–Crippen LogP) is 5.88. The first kappa shape index (κ1) is 22.2. The van der Waals surface area contributed by atoms with Gasteiger partial charge in [0.15, 0.2) is 0 Å². The number of aryl methyl sites for hydroxylation is 1. The van der Waals surface area contributed by atoms with Crippen LogP contribution in [0.2, 0.25) is 0 Å². The molecule has 0 unspecified atom stereocenters. The Hall–Kier alpha value is -3.47. The Labute approximate surface area is 184 Å². The van der Waals surface area contributed by atoms with Crippen LogP contribution in [0.4, 0.5) is 5.69 Å². The Morgan fingerprint density at radius 2 is 1.58 bits per heavy atom. The van der Waals surface area contributed by atoms with Crippen LogP contribution in [0.3, 0.4) is 0 Å². The van der Waals surface area contributed by atoms with Crippen LogP contribution in [0.15, 0.2) is 66.7 Å². The van der Waals surface area contributed by atoms with Gasteiger partial charge in [0.2, 0.25) is 0 Å². The van der Waals surface area contributed by atoms with Crippen molar-refractivity contribution in [3.8, 4) is 17.2 Å². The number of hydrogen-bond donors (Lipinski definition) is 1. The second-order valence-electron chi connectivity index (χ2n) is 7.25. The summed E-state index contributed by atoms with van der Waals surface area (Å²) in [7, 11) is 3.23. The Morgan fingerprint density at radius 1 is 0.871 bits per heavy atom. The number of anilines is 1. The van der Waals surface area contributed by atoms with Gasteiger partial charge in [-0.1, -0.05) is 25.5 Å². The summed E-state index contributed by atoms with van der Waals surface area (Å²) in [6.07, 6.45) is 3.39. The predicted molar refractivity (Wildman–Crippen MR) is 123 cm³/mol. The maximum atomic E-state index is 12.8. The van der Waals surface area contributed by atoms with E-state index in [0.29, 0.717) is 17.1 Å². The van der Waals surface area contributed by atoms with Crippen LogP contribution in [0.25, 0.3) is 0 Å². The molecule has 0 aromatic heterocycles. The maximum absolute atomic E-state index is 12.8. The molecule has 0 aliphatic carbocycles. The fourth-order valence-electron chi connectivity index (χ4n) is 3.20. The smallest absolute Gasteiger partial charge is 0.255 e. The monoisotopic (exact) mass is 419 g/mol. The maximum Gasteiger partial charge on any atom is 0.255 e. The van der Waals surface area contributed by atoms with E-state index in [1.54, 1.807) is 32.4 Å².